The van der Waals surface area contributed by atoms with Gasteiger partial charge in [-0.1, -0.05) is 29.8 Å². The molecule has 1 amide bonds. The summed E-state index contributed by atoms with van der Waals surface area (Å²) in [4.78, 5) is 12.6. The van der Waals surface area contributed by atoms with E-state index in [4.69, 9.17) is 4.74 Å². The predicted molar refractivity (Wildman–Crippen MR) is 117 cm³/mol. The van der Waals surface area contributed by atoms with Crippen LogP contribution in [0.3, 0.4) is 0 Å². The number of benzene rings is 2. The molecule has 1 heterocycles. The summed E-state index contributed by atoms with van der Waals surface area (Å²) in [5.41, 5.74) is 3.94. The van der Waals surface area contributed by atoms with Crippen molar-refractivity contribution in [2.24, 2.45) is 0 Å². The van der Waals surface area contributed by atoms with Gasteiger partial charge in [-0.05, 0) is 69.4 Å². The summed E-state index contributed by atoms with van der Waals surface area (Å²) in [6.45, 7) is 8.46. The number of carbonyl (C=O) groups is 1. The molecule has 7 heteroatoms. The second kappa shape index (κ2) is 9.18. The molecule has 1 N–H and O–H groups in total. The molecule has 30 heavy (non-hydrogen) atoms. The van der Waals surface area contributed by atoms with Crippen molar-refractivity contribution in [3.05, 3.63) is 58.7 Å². The molecule has 0 radical (unpaired) electrons. The number of carbonyl (C=O) groups excluding carboxylic acids is 1. The summed E-state index contributed by atoms with van der Waals surface area (Å²) in [6, 6.07) is 11.1. The molecule has 3 rings (SSSR count). The smallest absolute Gasteiger partial charge is 0.258 e. The van der Waals surface area contributed by atoms with Crippen molar-refractivity contribution >= 4 is 15.9 Å². The van der Waals surface area contributed by atoms with Gasteiger partial charge in [-0.2, -0.15) is 4.31 Å². The quantitative estimate of drug-likeness (QED) is 0.763. The molecule has 162 valence electrons. The largest absolute Gasteiger partial charge is 0.483 e. The summed E-state index contributed by atoms with van der Waals surface area (Å²) < 4.78 is 33.1. The van der Waals surface area contributed by atoms with Gasteiger partial charge in [-0.15, -0.1) is 0 Å². The lowest BCUT2D eigenvalue weighted by Crippen LogP contribution is -2.47. The van der Waals surface area contributed by atoms with Crippen molar-refractivity contribution < 1.29 is 17.9 Å². The Kier molecular flexibility index (Phi) is 6.83. The first kappa shape index (κ1) is 22.3. The SMILES string of the molecule is Cc1ccc(S(=O)(=O)N2CCC(NC(=O)COc3cccc(C)c3C)CC2)c(C)c1. The lowest BCUT2D eigenvalue weighted by atomic mass is 10.1. The Bertz CT molecular complexity index is 1030. The van der Waals surface area contributed by atoms with Crippen molar-refractivity contribution in [1.82, 2.24) is 9.62 Å². The van der Waals surface area contributed by atoms with Gasteiger partial charge in [0, 0.05) is 19.1 Å². The van der Waals surface area contributed by atoms with Gasteiger partial charge in [0.1, 0.15) is 5.75 Å². The molecule has 0 aromatic heterocycles. The molecule has 0 spiro atoms. The number of rotatable bonds is 6. The van der Waals surface area contributed by atoms with E-state index >= 15 is 0 Å². The fraction of sp³-hybridized carbons (Fsp3) is 0.435. The van der Waals surface area contributed by atoms with E-state index in [2.05, 4.69) is 5.32 Å². The maximum atomic E-state index is 13.0. The summed E-state index contributed by atoms with van der Waals surface area (Å²) in [5.74, 6) is 0.520. The molecule has 2 aromatic carbocycles. The monoisotopic (exact) mass is 430 g/mol. The number of nitrogens with zero attached hydrogens (tertiary/aromatic N) is 1. The second-order valence-corrected chi connectivity index (χ2v) is 9.91. The van der Waals surface area contributed by atoms with Crippen molar-refractivity contribution in [1.29, 1.82) is 0 Å². The number of sulfonamides is 1. The molecular formula is C23H30N2O4S. The lowest BCUT2D eigenvalue weighted by Gasteiger charge is -2.32. The summed E-state index contributed by atoms with van der Waals surface area (Å²) in [7, 11) is -3.52. The predicted octanol–water partition coefficient (Wildman–Crippen LogP) is 3.27. The van der Waals surface area contributed by atoms with Crippen LogP contribution in [0.1, 0.15) is 35.1 Å². The molecule has 1 fully saturated rings. The van der Waals surface area contributed by atoms with E-state index in [-0.39, 0.29) is 18.6 Å². The summed E-state index contributed by atoms with van der Waals surface area (Å²) >= 11 is 0. The summed E-state index contributed by atoms with van der Waals surface area (Å²) in [5, 5.41) is 2.97. The first-order chi connectivity index (χ1) is 14.2. The first-order valence-corrected chi connectivity index (χ1v) is 11.7. The zero-order valence-corrected chi connectivity index (χ0v) is 18.9. The van der Waals surface area contributed by atoms with Gasteiger partial charge in [-0.25, -0.2) is 8.42 Å². The average molecular weight is 431 g/mol. The molecule has 1 aliphatic heterocycles. The highest BCUT2D eigenvalue weighted by Crippen LogP contribution is 2.24. The number of hydrogen-bond acceptors (Lipinski definition) is 4. The minimum atomic E-state index is -3.52. The van der Waals surface area contributed by atoms with Gasteiger partial charge >= 0.3 is 0 Å². The minimum absolute atomic E-state index is 0.0502. The molecule has 2 aromatic rings. The average Bonchev–Trinajstić information content (AvgIpc) is 2.69. The van der Waals surface area contributed by atoms with Gasteiger partial charge in [0.2, 0.25) is 10.0 Å². The topological polar surface area (TPSA) is 75.7 Å². The standard InChI is InChI=1S/C23H30N2O4S/c1-16-8-9-22(18(3)14-16)30(27,28)25-12-10-20(11-13-25)24-23(26)15-29-21-7-5-6-17(2)19(21)4/h5-9,14,20H,10-13,15H2,1-4H3,(H,24,26). The normalized spacial score (nSPS) is 15.7. The van der Waals surface area contributed by atoms with E-state index in [0.717, 1.165) is 22.3 Å². The highest BCUT2D eigenvalue weighted by molar-refractivity contribution is 7.89. The fourth-order valence-electron chi connectivity index (χ4n) is 3.76. The molecule has 0 bridgehead atoms. The van der Waals surface area contributed by atoms with Crippen molar-refractivity contribution in [3.8, 4) is 5.75 Å². The van der Waals surface area contributed by atoms with E-state index in [1.54, 1.807) is 6.07 Å². The number of piperidine rings is 1. The fourth-order valence-corrected chi connectivity index (χ4v) is 5.44. The lowest BCUT2D eigenvalue weighted by molar-refractivity contribution is -0.124. The maximum Gasteiger partial charge on any atom is 0.258 e. The highest BCUT2D eigenvalue weighted by Gasteiger charge is 2.30. The van der Waals surface area contributed by atoms with Gasteiger partial charge < -0.3 is 10.1 Å². The van der Waals surface area contributed by atoms with Crippen LogP contribution < -0.4 is 10.1 Å². The van der Waals surface area contributed by atoms with Gasteiger partial charge in [0.15, 0.2) is 6.61 Å². The van der Waals surface area contributed by atoms with Crippen LogP contribution in [-0.4, -0.2) is 44.4 Å². The molecule has 0 saturated carbocycles. The number of ether oxygens (including phenoxy) is 1. The van der Waals surface area contributed by atoms with Crippen LogP contribution in [0, 0.1) is 27.7 Å². The first-order valence-electron chi connectivity index (χ1n) is 10.2. The Hall–Kier alpha value is -2.38. The van der Waals surface area contributed by atoms with Crippen LogP contribution in [0.4, 0.5) is 0 Å². The van der Waals surface area contributed by atoms with Crippen LogP contribution in [0.15, 0.2) is 41.3 Å². The molecule has 0 atom stereocenters. The Labute approximate surface area is 179 Å². The molecular weight excluding hydrogens is 400 g/mol. The second-order valence-electron chi connectivity index (χ2n) is 8.00. The Balaban J connectivity index is 1.52. The zero-order chi connectivity index (χ0) is 21.9. The third-order valence-electron chi connectivity index (χ3n) is 5.68. The zero-order valence-electron chi connectivity index (χ0n) is 18.1. The van der Waals surface area contributed by atoms with Crippen LogP contribution in [0.25, 0.3) is 0 Å². The van der Waals surface area contributed by atoms with Crippen molar-refractivity contribution in [3.63, 3.8) is 0 Å². The van der Waals surface area contributed by atoms with E-state index in [1.165, 1.54) is 4.31 Å². The molecule has 0 aliphatic carbocycles. The van der Waals surface area contributed by atoms with Gasteiger partial charge in [0.05, 0.1) is 4.90 Å². The van der Waals surface area contributed by atoms with Crippen LogP contribution in [0.5, 0.6) is 5.75 Å². The van der Waals surface area contributed by atoms with Crippen molar-refractivity contribution in [2.45, 2.75) is 51.5 Å². The molecule has 1 aliphatic rings. The van der Waals surface area contributed by atoms with Gasteiger partial charge in [-0.3, -0.25) is 4.79 Å². The Morgan fingerprint density at radius 2 is 1.77 bits per heavy atom. The van der Waals surface area contributed by atoms with Crippen LogP contribution >= 0.6 is 0 Å². The van der Waals surface area contributed by atoms with E-state index in [9.17, 15) is 13.2 Å². The highest BCUT2D eigenvalue weighted by atomic mass is 32.2. The number of aryl methyl sites for hydroxylation is 3. The third-order valence-corrected chi connectivity index (χ3v) is 7.74. The van der Waals surface area contributed by atoms with E-state index in [1.807, 2.05) is 58.0 Å². The minimum Gasteiger partial charge on any atom is -0.483 e. The Morgan fingerprint density at radius 3 is 2.43 bits per heavy atom. The van der Waals surface area contributed by atoms with E-state index in [0.29, 0.717) is 36.6 Å². The molecule has 1 saturated heterocycles. The number of amides is 1. The number of nitrogens with one attached hydrogen (secondary N) is 1. The molecule has 6 nitrogen and oxygen atoms in total. The van der Waals surface area contributed by atoms with Crippen LogP contribution in [-0.2, 0) is 14.8 Å². The molecule has 0 unspecified atom stereocenters. The third kappa shape index (κ3) is 5.02. The van der Waals surface area contributed by atoms with Crippen LogP contribution in [0.2, 0.25) is 0 Å². The van der Waals surface area contributed by atoms with Crippen molar-refractivity contribution in [2.75, 3.05) is 19.7 Å². The number of hydrogen-bond donors (Lipinski definition) is 1. The van der Waals surface area contributed by atoms with Gasteiger partial charge in [0.25, 0.3) is 5.91 Å². The maximum absolute atomic E-state index is 13.0. The Morgan fingerprint density at radius 1 is 1.07 bits per heavy atom. The summed E-state index contributed by atoms with van der Waals surface area (Å²) in [6.07, 6.45) is 1.17. The van der Waals surface area contributed by atoms with E-state index < -0.39 is 10.0 Å².